The molecule has 1 saturated heterocycles. The van der Waals surface area contributed by atoms with Crippen molar-refractivity contribution in [3.8, 4) is 0 Å². The van der Waals surface area contributed by atoms with Crippen LogP contribution in [0, 0.1) is 0 Å². The Morgan fingerprint density at radius 1 is 1.33 bits per heavy atom. The number of hydrogen-bond donors (Lipinski definition) is 1. The molecule has 1 aliphatic rings. The minimum atomic E-state index is -0.238. The lowest BCUT2D eigenvalue weighted by atomic mass is 10.4. The lowest BCUT2D eigenvalue weighted by molar-refractivity contribution is -0.125. The molecule has 1 aromatic rings. The van der Waals surface area contributed by atoms with Gasteiger partial charge in [0.05, 0.1) is 11.5 Å². The van der Waals surface area contributed by atoms with E-state index in [-0.39, 0.29) is 35.9 Å². The number of nitrogens with one attached hydrogen (secondary N) is 1. The van der Waals surface area contributed by atoms with E-state index in [4.69, 9.17) is 0 Å². The molecule has 0 saturated carbocycles. The zero-order valence-corrected chi connectivity index (χ0v) is 14.2. The average molecular weight is 389 g/mol. The topological polar surface area (TPSA) is 66.5 Å². The highest BCUT2D eigenvalue weighted by Crippen LogP contribution is 2.20. The van der Waals surface area contributed by atoms with Gasteiger partial charge in [0.2, 0.25) is 11.8 Å². The molecule has 2 rings (SSSR count). The molecule has 1 aliphatic heterocycles. The Morgan fingerprint density at radius 3 is 2.67 bits per heavy atom. The fourth-order valence-corrected chi connectivity index (χ4v) is 3.38. The molecule has 1 aromatic carbocycles. The van der Waals surface area contributed by atoms with Gasteiger partial charge in [-0.15, -0.1) is 11.8 Å². The first-order chi connectivity index (χ1) is 10.1. The first-order valence-corrected chi connectivity index (χ1v) is 8.95. The van der Waals surface area contributed by atoms with Crippen LogP contribution < -0.4 is 5.32 Å². The van der Waals surface area contributed by atoms with Crippen LogP contribution in [0.15, 0.2) is 33.6 Å². The Morgan fingerprint density at radius 2 is 2.05 bits per heavy atom. The number of hydrogen-bond acceptors (Lipinski definition) is 5. The van der Waals surface area contributed by atoms with Gasteiger partial charge in [-0.1, -0.05) is 27.7 Å². The van der Waals surface area contributed by atoms with Gasteiger partial charge in [0.15, 0.2) is 0 Å². The largest absolute Gasteiger partial charge is 0.354 e. The van der Waals surface area contributed by atoms with Gasteiger partial charge >= 0.3 is 0 Å². The Hall–Kier alpha value is -0.990. The van der Waals surface area contributed by atoms with Crippen LogP contribution in [-0.2, 0) is 9.59 Å². The monoisotopic (exact) mass is 388 g/mol. The summed E-state index contributed by atoms with van der Waals surface area (Å²) in [6.07, 6.45) is 0. The molecule has 112 valence electrons. The quantitative estimate of drug-likeness (QED) is 0.757. The van der Waals surface area contributed by atoms with Gasteiger partial charge in [-0.3, -0.25) is 19.3 Å². The summed E-state index contributed by atoms with van der Waals surface area (Å²) in [6.45, 7) is 0.525. The summed E-state index contributed by atoms with van der Waals surface area (Å²) in [7, 11) is 0. The van der Waals surface area contributed by atoms with E-state index in [1.807, 2.05) is 24.3 Å². The molecular weight excluding hydrogens is 376 g/mol. The molecule has 3 amide bonds. The minimum Gasteiger partial charge on any atom is -0.354 e. The number of imide groups is 1. The van der Waals surface area contributed by atoms with Crippen LogP contribution >= 0.6 is 39.5 Å². The summed E-state index contributed by atoms with van der Waals surface area (Å²) >= 11 is 5.79. The van der Waals surface area contributed by atoms with Crippen molar-refractivity contribution in [3.05, 3.63) is 28.7 Å². The Labute approximate surface area is 139 Å². The van der Waals surface area contributed by atoms with E-state index in [9.17, 15) is 14.4 Å². The van der Waals surface area contributed by atoms with Crippen LogP contribution in [0.5, 0.6) is 0 Å². The summed E-state index contributed by atoms with van der Waals surface area (Å²) in [5.41, 5.74) is 0. The van der Waals surface area contributed by atoms with Crippen molar-refractivity contribution in [1.29, 1.82) is 0 Å². The summed E-state index contributed by atoms with van der Waals surface area (Å²) in [6, 6.07) is 7.70. The second-order valence-electron chi connectivity index (χ2n) is 4.19. The van der Waals surface area contributed by atoms with E-state index in [0.717, 1.165) is 21.1 Å². The molecule has 0 spiro atoms. The zero-order chi connectivity index (χ0) is 15.2. The molecule has 1 heterocycles. The van der Waals surface area contributed by atoms with E-state index in [0.29, 0.717) is 5.75 Å². The molecule has 5 nitrogen and oxygen atoms in total. The predicted molar refractivity (Wildman–Crippen MR) is 87.4 cm³/mol. The molecule has 0 aliphatic carbocycles. The second-order valence-corrected chi connectivity index (χ2v) is 7.08. The standard InChI is InChI=1S/C13H13BrN2O3S2/c14-9-1-3-10(4-2-9)20-7-11(17)15-5-6-16-12(18)8-21-13(16)19/h1-4H,5-8H2,(H,15,17). The van der Waals surface area contributed by atoms with E-state index in [1.165, 1.54) is 16.7 Å². The van der Waals surface area contributed by atoms with Crippen LogP contribution in [-0.4, -0.2) is 46.5 Å². The SMILES string of the molecule is O=C(CSc1ccc(Br)cc1)NCCN1C(=O)CSC1=O. The molecule has 0 aromatic heterocycles. The minimum absolute atomic E-state index is 0.116. The fraction of sp³-hybridized carbons (Fsp3) is 0.308. The van der Waals surface area contributed by atoms with Crippen molar-refractivity contribution in [3.63, 3.8) is 0 Å². The molecule has 8 heteroatoms. The molecule has 21 heavy (non-hydrogen) atoms. The van der Waals surface area contributed by atoms with E-state index in [1.54, 1.807) is 0 Å². The summed E-state index contributed by atoms with van der Waals surface area (Å²) in [5, 5.41) is 2.47. The summed E-state index contributed by atoms with van der Waals surface area (Å²) in [4.78, 5) is 36.6. The number of carbonyl (C=O) groups is 3. The number of carbonyl (C=O) groups excluding carboxylic acids is 3. The van der Waals surface area contributed by atoms with Gasteiger partial charge in [-0.05, 0) is 24.3 Å². The maximum Gasteiger partial charge on any atom is 0.288 e. The van der Waals surface area contributed by atoms with Gasteiger partial charge in [-0.25, -0.2) is 0 Å². The highest BCUT2D eigenvalue weighted by molar-refractivity contribution is 9.10. The van der Waals surface area contributed by atoms with Crippen LogP contribution in [0.4, 0.5) is 4.79 Å². The van der Waals surface area contributed by atoms with Gasteiger partial charge in [0.1, 0.15) is 0 Å². The fourth-order valence-electron chi connectivity index (χ4n) is 1.63. The summed E-state index contributed by atoms with van der Waals surface area (Å²) < 4.78 is 0.995. The zero-order valence-electron chi connectivity index (χ0n) is 11.0. The van der Waals surface area contributed by atoms with Crippen LogP contribution in [0.1, 0.15) is 0 Å². The molecule has 1 N–H and O–H groups in total. The maximum atomic E-state index is 11.7. The Bertz CT molecular complexity index is 535. The van der Waals surface area contributed by atoms with Crippen molar-refractivity contribution in [1.82, 2.24) is 10.2 Å². The van der Waals surface area contributed by atoms with E-state index >= 15 is 0 Å². The molecule has 0 radical (unpaired) electrons. The van der Waals surface area contributed by atoms with Crippen molar-refractivity contribution < 1.29 is 14.4 Å². The van der Waals surface area contributed by atoms with Gasteiger partial charge in [-0.2, -0.15) is 0 Å². The van der Waals surface area contributed by atoms with Crippen LogP contribution in [0.3, 0.4) is 0 Å². The molecule has 0 bridgehead atoms. The van der Waals surface area contributed by atoms with Gasteiger partial charge in [0, 0.05) is 22.5 Å². The Balaban J connectivity index is 1.67. The number of benzene rings is 1. The van der Waals surface area contributed by atoms with Gasteiger partial charge < -0.3 is 5.32 Å². The molecule has 1 fully saturated rings. The van der Waals surface area contributed by atoms with Crippen molar-refractivity contribution >= 4 is 56.5 Å². The number of nitrogens with zero attached hydrogens (tertiary/aromatic N) is 1. The number of halogens is 1. The highest BCUT2D eigenvalue weighted by Gasteiger charge is 2.29. The van der Waals surface area contributed by atoms with Gasteiger partial charge in [0.25, 0.3) is 5.24 Å². The normalized spacial score (nSPS) is 14.6. The van der Waals surface area contributed by atoms with E-state index < -0.39 is 0 Å². The molecule has 0 unspecified atom stereocenters. The highest BCUT2D eigenvalue weighted by atomic mass is 79.9. The Kier molecular flexibility index (Phi) is 6.13. The predicted octanol–water partition coefficient (Wildman–Crippen LogP) is 2.35. The van der Waals surface area contributed by atoms with Crippen LogP contribution in [0.2, 0.25) is 0 Å². The third-order valence-corrected chi connectivity index (χ3v) is 5.08. The third kappa shape index (κ3) is 5.05. The number of amides is 3. The number of rotatable bonds is 6. The second kappa shape index (κ2) is 7.86. The molecule has 0 atom stereocenters. The van der Waals surface area contributed by atoms with Crippen molar-refractivity contribution in [2.75, 3.05) is 24.6 Å². The number of thioether (sulfide) groups is 2. The first kappa shape index (κ1) is 16.4. The lowest BCUT2D eigenvalue weighted by Gasteiger charge is -2.13. The van der Waals surface area contributed by atoms with Crippen LogP contribution in [0.25, 0.3) is 0 Å². The van der Waals surface area contributed by atoms with Crippen molar-refractivity contribution in [2.45, 2.75) is 4.90 Å². The van der Waals surface area contributed by atoms with Crippen molar-refractivity contribution in [2.24, 2.45) is 0 Å². The smallest absolute Gasteiger partial charge is 0.288 e. The van der Waals surface area contributed by atoms with E-state index in [2.05, 4.69) is 21.2 Å². The first-order valence-electron chi connectivity index (χ1n) is 6.18. The third-order valence-electron chi connectivity index (χ3n) is 2.68. The summed E-state index contributed by atoms with van der Waals surface area (Å²) in [5.74, 6) is 0.197. The lowest BCUT2D eigenvalue weighted by Crippen LogP contribution is -2.38. The average Bonchev–Trinajstić information content (AvgIpc) is 2.78. The molecular formula is C13H13BrN2O3S2. The maximum absolute atomic E-state index is 11.7.